The van der Waals surface area contributed by atoms with Gasteiger partial charge in [-0.15, -0.1) is 0 Å². The fraction of sp³-hybridized carbons (Fsp3) is 0.391. The Hall–Kier alpha value is -2.66. The number of hydrogen-bond acceptors (Lipinski definition) is 3. The molecule has 1 saturated carbocycles. The molecule has 1 aliphatic carbocycles. The second kappa shape index (κ2) is 9.51. The third kappa shape index (κ3) is 5.42. The van der Waals surface area contributed by atoms with Crippen LogP contribution < -0.4 is 10.2 Å². The van der Waals surface area contributed by atoms with Crippen molar-refractivity contribution in [3.8, 4) is 0 Å². The van der Waals surface area contributed by atoms with Crippen molar-refractivity contribution in [3.05, 3.63) is 66.2 Å². The maximum Gasteiger partial charge on any atom is 0.231 e. The van der Waals surface area contributed by atoms with E-state index in [2.05, 4.69) is 10.2 Å². The van der Waals surface area contributed by atoms with Gasteiger partial charge in [0.15, 0.2) is 0 Å². The third-order valence-electron chi connectivity index (χ3n) is 5.04. The second-order valence-corrected chi connectivity index (χ2v) is 7.64. The van der Waals surface area contributed by atoms with E-state index in [9.17, 15) is 9.59 Å². The van der Waals surface area contributed by atoms with Crippen LogP contribution in [0.3, 0.4) is 0 Å². The molecule has 0 radical (unpaired) electrons. The van der Waals surface area contributed by atoms with Gasteiger partial charge in [-0.25, -0.2) is 0 Å². The molecular formula is C23H29N3O2. The van der Waals surface area contributed by atoms with E-state index in [-0.39, 0.29) is 23.7 Å². The van der Waals surface area contributed by atoms with Gasteiger partial charge in [0.25, 0.3) is 0 Å². The molecule has 148 valence electrons. The summed E-state index contributed by atoms with van der Waals surface area (Å²) in [6.07, 6.45) is 1.55. The molecule has 0 aliphatic heterocycles. The maximum absolute atomic E-state index is 13.2. The Kier molecular flexibility index (Phi) is 6.82. The Bertz CT molecular complexity index is 777. The summed E-state index contributed by atoms with van der Waals surface area (Å²) in [7, 11) is 4.03. The number of amides is 2. The van der Waals surface area contributed by atoms with Crippen LogP contribution in [0.4, 0.5) is 5.69 Å². The van der Waals surface area contributed by atoms with E-state index >= 15 is 0 Å². The summed E-state index contributed by atoms with van der Waals surface area (Å²) in [5, 5.41) is 2.98. The van der Waals surface area contributed by atoms with Crippen molar-refractivity contribution in [2.75, 3.05) is 32.1 Å². The highest BCUT2D eigenvalue weighted by molar-refractivity contribution is 6.01. The molecule has 2 aromatic rings. The number of anilines is 1. The lowest BCUT2D eigenvalue weighted by molar-refractivity contribution is -0.126. The maximum atomic E-state index is 13.2. The first kappa shape index (κ1) is 20.1. The summed E-state index contributed by atoms with van der Waals surface area (Å²) < 4.78 is 0. The SMILES string of the molecule is CN(C)CCCNC(=O)C1CC1C(=O)N(Cc1ccccc1)c1ccccc1. The minimum absolute atomic E-state index is 0.00447. The van der Waals surface area contributed by atoms with Gasteiger partial charge in [-0.2, -0.15) is 0 Å². The number of nitrogens with zero attached hydrogens (tertiary/aromatic N) is 2. The number of rotatable bonds is 9. The molecule has 2 amide bonds. The number of para-hydroxylation sites is 1. The molecule has 1 aliphatic rings. The van der Waals surface area contributed by atoms with E-state index in [1.807, 2.05) is 74.8 Å². The van der Waals surface area contributed by atoms with Crippen LogP contribution in [0.25, 0.3) is 0 Å². The number of benzene rings is 2. The van der Waals surface area contributed by atoms with Crippen LogP contribution in [-0.2, 0) is 16.1 Å². The zero-order chi connectivity index (χ0) is 19.9. The Morgan fingerprint density at radius 1 is 0.964 bits per heavy atom. The number of hydrogen-bond donors (Lipinski definition) is 1. The Balaban J connectivity index is 1.62. The van der Waals surface area contributed by atoms with E-state index in [1.165, 1.54) is 0 Å². The van der Waals surface area contributed by atoms with Crippen LogP contribution in [0.5, 0.6) is 0 Å². The summed E-state index contributed by atoms with van der Waals surface area (Å²) in [6.45, 7) is 2.10. The molecule has 2 atom stereocenters. The van der Waals surface area contributed by atoms with E-state index in [1.54, 1.807) is 4.90 Å². The van der Waals surface area contributed by atoms with Crippen LogP contribution >= 0.6 is 0 Å². The lowest BCUT2D eigenvalue weighted by Crippen LogP contribution is -2.34. The van der Waals surface area contributed by atoms with Crippen molar-refractivity contribution in [2.24, 2.45) is 11.8 Å². The van der Waals surface area contributed by atoms with Gasteiger partial charge in [0, 0.05) is 12.2 Å². The fourth-order valence-corrected chi connectivity index (χ4v) is 3.37. The van der Waals surface area contributed by atoms with Crippen LogP contribution in [0.1, 0.15) is 18.4 Å². The third-order valence-corrected chi connectivity index (χ3v) is 5.04. The molecule has 0 spiro atoms. The van der Waals surface area contributed by atoms with Gasteiger partial charge in [0.1, 0.15) is 0 Å². The van der Waals surface area contributed by atoms with E-state index in [0.29, 0.717) is 19.5 Å². The van der Waals surface area contributed by atoms with Crippen molar-refractivity contribution in [1.29, 1.82) is 0 Å². The van der Waals surface area contributed by atoms with E-state index in [4.69, 9.17) is 0 Å². The first-order valence-electron chi connectivity index (χ1n) is 9.89. The van der Waals surface area contributed by atoms with Gasteiger partial charge in [0.2, 0.25) is 11.8 Å². The lowest BCUT2D eigenvalue weighted by Gasteiger charge is -2.23. The van der Waals surface area contributed by atoms with Crippen molar-refractivity contribution in [3.63, 3.8) is 0 Å². The first-order valence-corrected chi connectivity index (χ1v) is 9.89. The number of nitrogens with one attached hydrogen (secondary N) is 1. The Morgan fingerprint density at radius 2 is 1.61 bits per heavy atom. The number of carbonyl (C=O) groups excluding carboxylic acids is 2. The summed E-state index contributed by atoms with van der Waals surface area (Å²) in [6, 6.07) is 19.7. The Labute approximate surface area is 167 Å². The molecular weight excluding hydrogens is 350 g/mol. The molecule has 2 unspecified atom stereocenters. The highest BCUT2D eigenvalue weighted by atomic mass is 16.2. The zero-order valence-corrected chi connectivity index (χ0v) is 16.7. The van der Waals surface area contributed by atoms with Crippen molar-refractivity contribution in [2.45, 2.75) is 19.4 Å². The average Bonchev–Trinajstić information content (AvgIpc) is 3.51. The normalized spacial score (nSPS) is 18.0. The Morgan fingerprint density at radius 3 is 2.25 bits per heavy atom. The van der Waals surface area contributed by atoms with Crippen molar-refractivity contribution >= 4 is 17.5 Å². The summed E-state index contributed by atoms with van der Waals surface area (Å²) in [4.78, 5) is 29.5. The minimum Gasteiger partial charge on any atom is -0.356 e. The predicted molar refractivity (Wildman–Crippen MR) is 112 cm³/mol. The van der Waals surface area contributed by atoms with Crippen LogP contribution in [0.15, 0.2) is 60.7 Å². The van der Waals surface area contributed by atoms with Crippen LogP contribution in [0.2, 0.25) is 0 Å². The minimum atomic E-state index is -0.224. The van der Waals surface area contributed by atoms with Crippen molar-refractivity contribution in [1.82, 2.24) is 10.2 Å². The van der Waals surface area contributed by atoms with Gasteiger partial charge >= 0.3 is 0 Å². The molecule has 5 heteroatoms. The van der Waals surface area contributed by atoms with Crippen LogP contribution in [-0.4, -0.2) is 43.9 Å². The molecule has 2 aromatic carbocycles. The highest BCUT2D eigenvalue weighted by Gasteiger charge is 2.49. The van der Waals surface area contributed by atoms with Gasteiger partial charge in [-0.3, -0.25) is 9.59 Å². The molecule has 0 aromatic heterocycles. The van der Waals surface area contributed by atoms with E-state index in [0.717, 1.165) is 24.2 Å². The van der Waals surface area contributed by atoms with Gasteiger partial charge in [-0.1, -0.05) is 48.5 Å². The predicted octanol–water partition coefficient (Wildman–Crippen LogP) is 2.92. The van der Waals surface area contributed by atoms with Gasteiger partial charge < -0.3 is 15.1 Å². The topological polar surface area (TPSA) is 52.7 Å². The largest absolute Gasteiger partial charge is 0.356 e. The monoisotopic (exact) mass is 379 g/mol. The average molecular weight is 380 g/mol. The standard InChI is InChI=1S/C23H29N3O2/c1-25(2)15-9-14-24-22(27)20-16-21(20)23(28)26(19-12-7-4-8-13-19)17-18-10-5-3-6-11-18/h3-8,10-13,20-21H,9,14-17H2,1-2H3,(H,24,27). The molecule has 3 rings (SSSR count). The zero-order valence-electron chi connectivity index (χ0n) is 16.7. The molecule has 1 fully saturated rings. The smallest absolute Gasteiger partial charge is 0.231 e. The summed E-state index contributed by atoms with van der Waals surface area (Å²) in [5.41, 5.74) is 1.94. The fourth-order valence-electron chi connectivity index (χ4n) is 3.37. The molecule has 1 N–H and O–H groups in total. The quantitative estimate of drug-likeness (QED) is 0.682. The molecule has 28 heavy (non-hydrogen) atoms. The molecule has 0 bridgehead atoms. The van der Waals surface area contributed by atoms with Crippen LogP contribution in [0, 0.1) is 11.8 Å². The number of carbonyl (C=O) groups is 2. The van der Waals surface area contributed by atoms with Gasteiger partial charge in [-0.05, 0) is 51.2 Å². The summed E-state index contributed by atoms with van der Waals surface area (Å²) in [5.74, 6) is -0.389. The first-order chi connectivity index (χ1) is 13.6. The second-order valence-electron chi connectivity index (χ2n) is 7.64. The lowest BCUT2D eigenvalue weighted by atomic mass is 10.1. The molecule has 5 nitrogen and oxygen atoms in total. The molecule has 0 heterocycles. The van der Waals surface area contributed by atoms with E-state index < -0.39 is 0 Å². The summed E-state index contributed by atoms with van der Waals surface area (Å²) >= 11 is 0. The van der Waals surface area contributed by atoms with Gasteiger partial charge in [0.05, 0.1) is 18.4 Å². The highest BCUT2D eigenvalue weighted by Crippen LogP contribution is 2.41. The van der Waals surface area contributed by atoms with Crippen molar-refractivity contribution < 1.29 is 9.59 Å². The molecule has 0 saturated heterocycles.